The number of hydrogen-bond donors (Lipinski definition) is 0. The fourth-order valence-corrected chi connectivity index (χ4v) is 5.55. The van der Waals surface area contributed by atoms with Gasteiger partial charge >= 0.3 is 18.1 Å². The number of piperidine rings is 1. The number of benzene rings is 1. The number of rotatable bonds is 5. The summed E-state index contributed by atoms with van der Waals surface area (Å²) in [7, 11) is 0. The topological polar surface area (TPSA) is 121 Å². The Bertz CT molecular complexity index is 1450. The minimum absolute atomic E-state index is 0.0393. The molecular weight excluding hydrogens is 549 g/mol. The van der Waals surface area contributed by atoms with Crippen molar-refractivity contribution >= 4 is 29.2 Å². The third-order valence-electron chi connectivity index (χ3n) is 6.95. The smallest absolute Gasteiger partial charge is 0.401 e. The number of hydrogen-bond acceptors (Lipinski definition) is 8. The summed E-state index contributed by atoms with van der Waals surface area (Å²) in [4.78, 5) is 45.3. The molecule has 5 rings (SSSR count). The average molecular weight is 573 g/mol. The monoisotopic (exact) mass is 572 g/mol. The van der Waals surface area contributed by atoms with E-state index in [1.165, 1.54) is 15.8 Å². The first kappa shape index (κ1) is 27.3. The summed E-state index contributed by atoms with van der Waals surface area (Å²) >= 11 is 1.13. The molecule has 0 aliphatic carbocycles. The van der Waals surface area contributed by atoms with Gasteiger partial charge in [0.05, 0.1) is 11.2 Å². The van der Waals surface area contributed by atoms with E-state index in [2.05, 4.69) is 10.1 Å². The number of alkyl halides is 3. The Balaban J connectivity index is 1.55. The first-order chi connectivity index (χ1) is 19.2. The van der Waals surface area contributed by atoms with Crippen LogP contribution in [0.1, 0.15) is 52.5 Å². The van der Waals surface area contributed by atoms with Crippen LogP contribution in [0.4, 0.5) is 18.0 Å². The van der Waals surface area contributed by atoms with Crippen molar-refractivity contribution in [2.75, 3.05) is 19.6 Å². The van der Waals surface area contributed by atoms with Crippen LogP contribution in [-0.4, -0.2) is 68.2 Å². The van der Waals surface area contributed by atoms with E-state index in [0.717, 1.165) is 16.0 Å². The minimum atomic E-state index is -5.05. The summed E-state index contributed by atoms with van der Waals surface area (Å²) in [6.45, 7) is 0.345. The Hall–Kier alpha value is -4.25. The number of ether oxygens (including phenoxy) is 1. The van der Waals surface area contributed by atoms with Crippen LogP contribution < -0.4 is 4.74 Å². The van der Waals surface area contributed by atoms with Crippen LogP contribution in [0, 0.1) is 17.2 Å². The van der Waals surface area contributed by atoms with E-state index in [1.54, 1.807) is 30.3 Å². The second-order valence-corrected chi connectivity index (χ2v) is 10.1. The van der Waals surface area contributed by atoms with Crippen molar-refractivity contribution in [2.45, 2.75) is 38.0 Å². The quantitative estimate of drug-likeness (QED) is 0.450. The lowest BCUT2D eigenvalue weighted by atomic mass is 9.80. The lowest BCUT2D eigenvalue weighted by molar-refractivity contribution is -0.197. The molecule has 0 N–H and O–H groups in total. The standard InChI is InChI=1S/C26H23F3N6O4S/c27-26(28,29)20-17(8-11-34(23(20)37)25(38)33-9-4-5-10-33)21-18(12-30)24(39-13-16-6-2-1-3-7-16)35(32-21)22(36)19-14-40-15-31-19/h1-3,6-7,14-15,17,20H,4-5,8-11,13H2. The maximum absolute atomic E-state index is 14.4. The number of urea groups is 1. The minimum Gasteiger partial charge on any atom is -0.472 e. The highest BCUT2D eigenvalue weighted by Gasteiger charge is 2.56. The van der Waals surface area contributed by atoms with Gasteiger partial charge in [0.25, 0.3) is 0 Å². The highest BCUT2D eigenvalue weighted by molar-refractivity contribution is 7.07. The Morgan fingerprint density at radius 3 is 2.50 bits per heavy atom. The van der Waals surface area contributed by atoms with Gasteiger partial charge < -0.3 is 9.64 Å². The molecule has 3 aromatic rings. The van der Waals surface area contributed by atoms with Gasteiger partial charge in [0.15, 0.2) is 0 Å². The molecule has 2 aliphatic rings. The molecule has 0 saturated carbocycles. The van der Waals surface area contributed by atoms with Gasteiger partial charge in [0.1, 0.15) is 29.9 Å². The molecule has 10 nitrogen and oxygen atoms in total. The number of imide groups is 1. The second kappa shape index (κ2) is 11.1. The summed E-state index contributed by atoms with van der Waals surface area (Å²) in [5.74, 6) is -6.81. The fourth-order valence-electron chi connectivity index (χ4n) is 5.02. The molecule has 14 heteroatoms. The number of likely N-dealkylation sites (tertiary alicyclic amines) is 2. The fraction of sp³-hybridized carbons (Fsp3) is 0.385. The first-order valence-corrected chi connectivity index (χ1v) is 13.4. The zero-order valence-electron chi connectivity index (χ0n) is 21.0. The molecule has 0 spiro atoms. The van der Waals surface area contributed by atoms with Crippen molar-refractivity contribution in [1.29, 1.82) is 5.26 Å². The van der Waals surface area contributed by atoms with Crippen molar-refractivity contribution in [3.05, 3.63) is 63.7 Å². The molecule has 2 aromatic heterocycles. The lowest BCUT2D eigenvalue weighted by Crippen LogP contribution is -2.55. The van der Waals surface area contributed by atoms with Gasteiger partial charge in [0.2, 0.25) is 11.8 Å². The SMILES string of the molecule is N#Cc1c(C2CCN(C(=O)N3CCCC3)C(=O)C2C(F)(F)F)nn(C(=O)c2cscn2)c1OCc1ccccc1. The van der Waals surface area contributed by atoms with Crippen LogP contribution in [0.2, 0.25) is 0 Å². The third-order valence-corrected chi connectivity index (χ3v) is 7.54. The first-order valence-electron chi connectivity index (χ1n) is 12.5. The Morgan fingerprint density at radius 1 is 1.15 bits per heavy atom. The lowest BCUT2D eigenvalue weighted by Gasteiger charge is -2.38. The molecule has 2 atom stereocenters. The molecule has 208 valence electrons. The third kappa shape index (κ3) is 5.16. The Morgan fingerprint density at radius 2 is 1.88 bits per heavy atom. The van der Waals surface area contributed by atoms with Gasteiger partial charge in [-0.1, -0.05) is 30.3 Å². The van der Waals surface area contributed by atoms with Gasteiger partial charge in [-0.15, -0.1) is 11.3 Å². The molecule has 40 heavy (non-hydrogen) atoms. The Kier molecular flexibility index (Phi) is 7.57. The van der Waals surface area contributed by atoms with Crippen LogP contribution in [0.3, 0.4) is 0 Å². The van der Waals surface area contributed by atoms with E-state index >= 15 is 0 Å². The van der Waals surface area contributed by atoms with E-state index in [1.807, 2.05) is 6.07 Å². The maximum atomic E-state index is 14.4. The number of amides is 3. The number of halogens is 3. The van der Waals surface area contributed by atoms with E-state index in [0.29, 0.717) is 36.4 Å². The molecule has 2 unspecified atom stereocenters. The molecule has 2 fully saturated rings. The molecule has 1 aromatic carbocycles. The summed E-state index contributed by atoms with van der Waals surface area (Å²) in [6.07, 6.45) is -3.93. The van der Waals surface area contributed by atoms with E-state index in [-0.39, 0.29) is 36.7 Å². The molecule has 4 heterocycles. The molecule has 0 radical (unpaired) electrons. The molecule has 2 saturated heterocycles. The highest BCUT2D eigenvalue weighted by atomic mass is 32.1. The number of thiazole rings is 1. The predicted octanol–water partition coefficient (Wildman–Crippen LogP) is 4.19. The number of carbonyl (C=O) groups is 3. The summed E-state index contributed by atoms with van der Waals surface area (Å²) < 4.78 is 49.9. The highest BCUT2D eigenvalue weighted by Crippen LogP contribution is 2.45. The van der Waals surface area contributed by atoms with Crippen molar-refractivity contribution in [1.82, 2.24) is 24.6 Å². The second-order valence-electron chi connectivity index (χ2n) is 9.42. The number of aromatic nitrogens is 3. The van der Waals surface area contributed by atoms with Gasteiger partial charge in [-0.25, -0.2) is 9.78 Å². The molecule has 0 bridgehead atoms. The summed E-state index contributed by atoms with van der Waals surface area (Å²) in [5.41, 5.74) is 1.27. The predicted molar refractivity (Wildman–Crippen MR) is 134 cm³/mol. The van der Waals surface area contributed by atoms with Crippen molar-refractivity contribution < 1.29 is 32.3 Å². The number of nitriles is 1. The largest absolute Gasteiger partial charge is 0.472 e. The van der Waals surface area contributed by atoms with E-state index in [4.69, 9.17) is 4.74 Å². The normalized spacial score (nSPS) is 19.5. The van der Waals surface area contributed by atoms with Gasteiger partial charge in [-0.05, 0) is 24.8 Å². The van der Waals surface area contributed by atoms with Crippen molar-refractivity contribution in [3.8, 4) is 11.9 Å². The van der Waals surface area contributed by atoms with Crippen LogP contribution in [0.25, 0.3) is 0 Å². The maximum Gasteiger partial charge on any atom is 0.401 e. The Labute approximate surface area is 230 Å². The summed E-state index contributed by atoms with van der Waals surface area (Å²) in [6, 6.07) is 9.85. The molecule has 3 amide bonds. The van der Waals surface area contributed by atoms with Crippen molar-refractivity contribution in [3.63, 3.8) is 0 Å². The van der Waals surface area contributed by atoms with E-state index in [9.17, 15) is 32.8 Å². The van der Waals surface area contributed by atoms with E-state index < -0.39 is 41.6 Å². The van der Waals surface area contributed by atoms with Crippen LogP contribution in [-0.2, 0) is 11.4 Å². The van der Waals surface area contributed by atoms with Gasteiger partial charge in [-0.2, -0.15) is 28.2 Å². The van der Waals surface area contributed by atoms with Crippen molar-refractivity contribution in [2.24, 2.45) is 5.92 Å². The molecule has 2 aliphatic heterocycles. The number of nitrogens with zero attached hydrogens (tertiary/aromatic N) is 6. The zero-order chi connectivity index (χ0) is 28.4. The average Bonchev–Trinajstić information content (AvgIpc) is 3.72. The molecular formula is C26H23F3N6O4S. The number of carbonyl (C=O) groups excluding carboxylic acids is 3. The van der Waals surface area contributed by atoms with Gasteiger partial charge in [-0.3, -0.25) is 14.5 Å². The zero-order valence-corrected chi connectivity index (χ0v) is 21.8. The van der Waals surface area contributed by atoms with Gasteiger partial charge in [0, 0.05) is 30.9 Å². The van der Waals surface area contributed by atoms with Crippen LogP contribution >= 0.6 is 11.3 Å². The van der Waals surface area contributed by atoms with Crippen LogP contribution in [0.15, 0.2) is 41.2 Å². The van der Waals surface area contributed by atoms with Crippen LogP contribution in [0.5, 0.6) is 5.88 Å². The summed E-state index contributed by atoms with van der Waals surface area (Å²) in [5, 5.41) is 15.6.